The molecule has 0 fully saturated rings. The summed E-state index contributed by atoms with van der Waals surface area (Å²) in [5.41, 5.74) is 6.32. The summed E-state index contributed by atoms with van der Waals surface area (Å²) < 4.78 is 1.69. The molecule has 0 aliphatic heterocycles. The lowest BCUT2D eigenvalue weighted by atomic mass is 10.2. The standard InChI is InChI=1S/C11H19N5/c1-7(2)6-16-10(13)9(5-12)11(15-16)14-8(3)4/h7-8H,6,13H2,1-4H3,(H,14,15). The summed E-state index contributed by atoms with van der Waals surface area (Å²) in [7, 11) is 0. The highest BCUT2D eigenvalue weighted by molar-refractivity contribution is 5.63. The van der Waals surface area contributed by atoms with Gasteiger partial charge in [-0.3, -0.25) is 0 Å². The van der Waals surface area contributed by atoms with Crippen LogP contribution in [0.15, 0.2) is 0 Å². The van der Waals surface area contributed by atoms with Crippen molar-refractivity contribution in [2.75, 3.05) is 11.1 Å². The van der Waals surface area contributed by atoms with Gasteiger partial charge in [0.25, 0.3) is 0 Å². The Kier molecular flexibility index (Phi) is 3.78. The molecule has 0 aliphatic rings. The zero-order chi connectivity index (χ0) is 12.3. The van der Waals surface area contributed by atoms with E-state index in [0.29, 0.717) is 23.1 Å². The monoisotopic (exact) mass is 221 g/mol. The Hall–Kier alpha value is -1.70. The molecule has 88 valence electrons. The summed E-state index contributed by atoms with van der Waals surface area (Å²) in [6, 6.07) is 2.32. The largest absolute Gasteiger partial charge is 0.383 e. The predicted octanol–water partition coefficient (Wildman–Crippen LogP) is 1.81. The summed E-state index contributed by atoms with van der Waals surface area (Å²) in [5.74, 6) is 1.47. The van der Waals surface area contributed by atoms with Crippen LogP contribution in [-0.2, 0) is 6.54 Å². The zero-order valence-electron chi connectivity index (χ0n) is 10.3. The van der Waals surface area contributed by atoms with Crippen molar-refractivity contribution in [1.29, 1.82) is 5.26 Å². The van der Waals surface area contributed by atoms with Gasteiger partial charge in [-0.2, -0.15) is 10.4 Å². The van der Waals surface area contributed by atoms with E-state index in [4.69, 9.17) is 11.0 Å². The van der Waals surface area contributed by atoms with Crippen molar-refractivity contribution in [3.63, 3.8) is 0 Å². The molecular weight excluding hydrogens is 202 g/mol. The molecule has 0 radical (unpaired) electrons. The van der Waals surface area contributed by atoms with Gasteiger partial charge in [-0.05, 0) is 19.8 Å². The molecule has 0 aromatic carbocycles. The van der Waals surface area contributed by atoms with Crippen LogP contribution in [0.1, 0.15) is 33.3 Å². The van der Waals surface area contributed by atoms with Gasteiger partial charge in [0.2, 0.25) is 0 Å². The van der Waals surface area contributed by atoms with E-state index in [2.05, 4.69) is 30.3 Å². The molecule has 0 bridgehead atoms. The number of nitrogens with two attached hydrogens (primary N) is 1. The second kappa shape index (κ2) is 4.88. The summed E-state index contributed by atoms with van der Waals surface area (Å²) in [4.78, 5) is 0. The molecule has 3 N–H and O–H groups in total. The highest BCUT2D eigenvalue weighted by Crippen LogP contribution is 2.21. The number of nitriles is 1. The highest BCUT2D eigenvalue weighted by atomic mass is 15.3. The number of nitrogens with zero attached hydrogens (tertiary/aromatic N) is 3. The maximum atomic E-state index is 9.04. The Labute approximate surface area is 96.2 Å². The van der Waals surface area contributed by atoms with Crippen LogP contribution in [0.25, 0.3) is 0 Å². The maximum absolute atomic E-state index is 9.04. The van der Waals surface area contributed by atoms with E-state index < -0.39 is 0 Å². The molecule has 0 spiro atoms. The Morgan fingerprint density at radius 3 is 2.50 bits per heavy atom. The number of rotatable bonds is 4. The maximum Gasteiger partial charge on any atom is 0.168 e. The van der Waals surface area contributed by atoms with Gasteiger partial charge in [0, 0.05) is 12.6 Å². The second-order valence-corrected chi connectivity index (χ2v) is 4.60. The summed E-state index contributed by atoms with van der Waals surface area (Å²) >= 11 is 0. The molecule has 0 aliphatic carbocycles. The Morgan fingerprint density at radius 1 is 1.44 bits per heavy atom. The Balaban J connectivity index is 3.06. The van der Waals surface area contributed by atoms with Gasteiger partial charge in [0.15, 0.2) is 5.82 Å². The third kappa shape index (κ3) is 2.66. The first-order valence-electron chi connectivity index (χ1n) is 5.48. The van der Waals surface area contributed by atoms with Crippen molar-refractivity contribution in [2.45, 2.75) is 40.3 Å². The first kappa shape index (κ1) is 12.4. The van der Waals surface area contributed by atoms with E-state index in [1.807, 2.05) is 13.8 Å². The van der Waals surface area contributed by atoms with E-state index in [0.717, 1.165) is 6.54 Å². The normalized spacial score (nSPS) is 10.8. The van der Waals surface area contributed by atoms with E-state index >= 15 is 0 Å². The van der Waals surface area contributed by atoms with E-state index in [1.165, 1.54) is 0 Å². The smallest absolute Gasteiger partial charge is 0.168 e. The van der Waals surface area contributed by atoms with Gasteiger partial charge in [-0.25, -0.2) is 4.68 Å². The fraction of sp³-hybridized carbons (Fsp3) is 0.636. The molecule has 1 rings (SSSR count). The second-order valence-electron chi connectivity index (χ2n) is 4.60. The molecule has 0 unspecified atom stereocenters. The minimum atomic E-state index is 0.230. The van der Waals surface area contributed by atoms with Gasteiger partial charge in [-0.15, -0.1) is 0 Å². The zero-order valence-corrected chi connectivity index (χ0v) is 10.3. The summed E-state index contributed by atoms with van der Waals surface area (Å²) in [5, 5.41) is 16.5. The SMILES string of the molecule is CC(C)Cn1nc(NC(C)C)c(C#N)c1N. The van der Waals surface area contributed by atoms with Crippen molar-refractivity contribution < 1.29 is 0 Å². The van der Waals surface area contributed by atoms with Crippen molar-refractivity contribution in [1.82, 2.24) is 9.78 Å². The fourth-order valence-corrected chi connectivity index (χ4v) is 1.44. The molecule has 0 atom stereocenters. The average Bonchev–Trinajstić information content (AvgIpc) is 2.41. The predicted molar refractivity (Wildman–Crippen MR) is 65.0 cm³/mol. The van der Waals surface area contributed by atoms with Crippen molar-refractivity contribution >= 4 is 11.6 Å². The number of aromatic nitrogens is 2. The molecule has 0 saturated heterocycles. The lowest BCUT2D eigenvalue weighted by Crippen LogP contribution is -2.12. The molecule has 5 nitrogen and oxygen atoms in total. The minimum Gasteiger partial charge on any atom is -0.383 e. The number of nitrogens with one attached hydrogen (secondary N) is 1. The van der Waals surface area contributed by atoms with Gasteiger partial charge in [-0.1, -0.05) is 13.8 Å². The Morgan fingerprint density at radius 2 is 2.06 bits per heavy atom. The number of hydrogen-bond acceptors (Lipinski definition) is 4. The van der Waals surface area contributed by atoms with E-state index in [9.17, 15) is 0 Å². The van der Waals surface area contributed by atoms with Crippen LogP contribution in [0.5, 0.6) is 0 Å². The van der Waals surface area contributed by atoms with Gasteiger partial charge in [0.05, 0.1) is 0 Å². The number of nitrogen functional groups attached to an aromatic ring is 1. The number of anilines is 2. The van der Waals surface area contributed by atoms with Crippen LogP contribution in [0.4, 0.5) is 11.6 Å². The number of hydrogen-bond donors (Lipinski definition) is 2. The van der Waals surface area contributed by atoms with Crippen LogP contribution >= 0.6 is 0 Å². The summed E-state index contributed by atoms with van der Waals surface area (Å²) in [6.07, 6.45) is 0. The quantitative estimate of drug-likeness (QED) is 0.812. The molecule has 0 amide bonds. The van der Waals surface area contributed by atoms with Crippen LogP contribution in [-0.4, -0.2) is 15.8 Å². The molecule has 5 heteroatoms. The minimum absolute atomic E-state index is 0.230. The molecule has 1 heterocycles. The van der Waals surface area contributed by atoms with E-state index in [-0.39, 0.29) is 6.04 Å². The van der Waals surface area contributed by atoms with E-state index in [1.54, 1.807) is 4.68 Å². The van der Waals surface area contributed by atoms with Crippen LogP contribution < -0.4 is 11.1 Å². The lowest BCUT2D eigenvalue weighted by Gasteiger charge is -2.07. The average molecular weight is 221 g/mol. The first-order valence-corrected chi connectivity index (χ1v) is 5.48. The van der Waals surface area contributed by atoms with Crippen molar-refractivity contribution in [2.24, 2.45) is 5.92 Å². The third-order valence-corrected chi connectivity index (χ3v) is 2.07. The highest BCUT2D eigenvalue weighted by Gasteiger charge is 2.16. The third-order valence-electron chi connectivity index (χ3n) is 2.07. The topological polar surface area (TPSA) is 79.7 Å². The first-order chi connectivity index (χ1) is 7.45. The van der Waals surface area contributed by atoms with Gasteiger partial charge >= 0.3 is 0 Å². The Bertz CT molecular complexity index is 397. The van der Waals surface area contributed by atoms with Crippen molar-refractivity contribution in [3.05, 3.63) is 5.56 Å². The van der Waals surface area contributed by atoms with Crippen molar-refractivity contribution in [3.8, 4) is 6.07 Å². The molecule has 1 aromatic rings. The molecule has 16 heavy (non-hydrogen) atoms. The van der Waals surface area contributed by atoms with Crippen LogP contribution in [0.2, 0.25) is 0 Å². The molecule has 0 saturated carbocycles. The lowest BCUT2D eigenvalue weighted by molar-refractivity contribution is 0.489. The fourth-order valence-electron chi connectivity index (χ4n) is 1.44. The molecule has 1 aromatic heterocycles. The van der Waals surface area contributed by atoms with Gasteiger partial charge < -0.3 is 11.1 Å². The van der Waals surface area contributed by atoms with Crippen LogP contribution in [0, 0.1) is 17.2 Å². The van der Waals surface area contributed by atoms with Crippen LogP contribution in [0.3, 0.4) is 0 Å². The molecular formula is C11H19N5. The summed E-state index contributed by atoms with van der Waals surface area (Å²) in [6.45, 7) is 8.89. The van der Waals surface area contributed by atoms with Gasteiger partial charge in [0.1, 0.15) is 17.5 Å².